The van der Waals surface area contributed by atoms with Crippen LogP contribution in [0.25, 0.3) is 16.9 Å². The summed E-state index contributed by atoms with van der Waals surface area (Å²) in [5.41, 5.74) is 2.26. The highest BCUT2D eigenvalue weighted by atomic mass is 16.7. The lowest BCUT2D eigenvalue weighted by Gasteiger charge is -2.01. The van der Waals surface area contributed by atoms with Crippen molar-refractivity contribution in [3.8, 4) is 34.5 Å². The normalized spacial score (nSPS) is 12.4. The first-order valence-electron chi connectivity index (χ1n) is 6.52. The van der Waals surface area contributed by atoms with Crippen LogP contribution in [0.2, 0.25) is 0 Å². The van der Waals surface area contributed by atoms with Crippen molar-refractivity contribution in [2.24, 2.45) is 0 Å². The molecule has 3 aromatic rings. The lowest BCUT2D eigenvalue weighted by Crippen LogP contribution is -1.94. The van der Waals surface area contributed by atoms with E-state index in [1.54, 1.807) is 23.3 Å². The maximum atomic E-state index is 5.36. The van der Waals surface area contributed by atoms with Gasteiger partial charge >= 0.3 is 6.01 Å². The topological polar surface area (TPSA) is 84.2 Å². The first-order valence-corrected chi connectivity index (χ1v) is 6.52. The van der Waals surface area contributed by atoms with Gasteiger partial charge in [-0.15, -0.1) is 5.10 Å². The summed E-state index contributed by atoms with van der Waals surface area (Å²) in [6.07, 6.45) is 5.07. The SMILES string of the molecule is COc1ncc(-c2cn(-c3ccc4c(c3)OCO4)nn2)cn1. The van der Waals surface area contributed by atoms with Crippen LogP contribution in [0.15, 0.2) is 36.8 Å². The van der Waals surface area contributed by atoms with Crippen molar-refractivity contribution in [1.29, 1.82) is 0 Å². The monoisotopic (exact) mass is 297 g/mol. The van der Waals surface area contributed by atoms with Crippen molar-refractivity contribution in [1.82, 2.24) is 25.0 Å². The van der Waals surface area contributed by atoms with E-state index < -0.39 is 0 Å². The minimum Gasteiger partial charge on any atom is -0.467 e. The second-order valence-electron chi connectivity index (χ2n) is 4.54. The van der Waals surface area contributed by atoms with E-state index >= 15 is 0 Å². The maximum Gasteiger partial charge on any atom is 0.316 e. The molecule has 1 aliphatic rings. The summed E-state index contributed by atoms with van der Waals surface area (Å²) >= 11 is 0. The Morgan fingerprint density at radius 2 is 1.95 bits per heavy atom. The van der Waals surface area contributed by atoms with E-state index in [1.807, 2.05) is 18.2 Å². The van der Waals surface area contributed by atoms with Crippen molar-refractivity contribution in [3.63, 3.8) is 0 Å². The summed E-state index contributed by atoms with van der Waals surface area (Å²) < 4.78 is 17.2. The van der Waals surface area contributed by atoms with Crippen LogP contribution >= 0.6 is 0 Å². The molecule has 0 bridgehead atoms. The van der Waals surface area contributed by atoms with Crippen LogP contribution in [-0.4, -0.2) is 38.9 Å². The Morgan fingerprint density at radius 3 is 2.77 bits per heavy atom. The van der Waals surface area contributed by atoms with E-state index in [4.69, 9.17) is 14.2 Å². The molecule has 0 radical (unpaired) electrons. The molecule has 0 spiro atoms. The van der Waals surface area contributed by atoms with Crippen LogP contribution in [0.4, 0.5) is 0 Å². The minimum atomic E-state index is 0.241. The third kappa shape index (κ3) is 2.10. The average Bonchev–Trinajstić information content (AvgIpc) is 3.23. The lowest BCUT2D eigenvalue weighted by molar-refractivity contribution is 0.174. The Bertz CT molecular complexity index is 816. The fraction of sp³-hybridized carbons (Fsp3) is 0.143. The molecule has 0 fully saturated rings. The lowest BCUT2D eigenvalue weighted by atomic mass is 10.2. The summed E-state index contributed by atoms with van der Waals surface area (Å²) in [5, 5.41) is 8.25. The molecule has 1 aromatic carbocycles. The Labute approximate surface area is 125 Å². The number of fused-ring (bicyclic) bond motifs is 1. The Morgan fingerprint density at radius 1 is 1.14 bits per heavy atom. The number of rotatable bonds is 3. The van der Waals surface area contributed by atoms with Crippen molar-refractivity contribution >= 4 is 0 Å². The minimum absolute atomic E-state index is 0.241. The molecule has 0 N–H and O–H groups in total. The van der Waals surface area contributed by atoms with Crippen LogP contribution in [0.1, 0.15) is 0 Å². The van der Waals surface area contributed by atoms with E-state index in [2.05, 4.69) is 20.3 Å². The van der Waals surface area contributed by atoms with Crippen molar-refractivity contribution in [2.45, 2.75) is 0 Å². The number of aromatic nitrogens is 5. The molecule has 0 unspecified atom stereocenters. The summed E-state index contributed by atoms with van der Waals surface area (Å²) in [5.74, 6) is 1.43. The molecule has 22 heavy (non-hydrogen) atoms. The van der Waals surface area contributed by atoms with Gasteiger partial charge in [-0.2, -0.15) is 0 Å². The number of hydrogen-bond donors (Lipinski definition) is 0. The van der Waals surface area contributed by atoms with Gasteiger partial charge in [0.25, 0.3) is 0 Å². The third-order valence-electron chi connectivity index (χ3n) is 3.22. The zero-order valence-corrected chi connectivity index (χ0v) is 11.6. The first-order chi connectivity index (χ1) is 10.8. The van der Waals surface area contributed by atoms with Gasteiger partial charge in [0.1, 0.15) is 5.69 Å². The molecule has 0 saturated heterocycles. The molecule has 0 aliphatic carbocycles. The van der Waals surface area contributed by atoms with Gasteiger partial charge in [-0.05, 0) is 12.1 Å². The average molecular weight is 297 g/mol. The molecule has 110 valence electrons. The van der Waals surface area contributed by atoms with Crippen LogP contribution in [0.3, 0.4) is 0 Å². The van der Waals surface area contributed by atoms with E-state index in [9.17, 15) is 0 Å². The number of benzene rings is 1. The zero-order chi connectivity index (χ0) is 14.9. The van der Waals surface area contributed by atoms with Gasteiger partial charge in [0, 0.05) is 24.0 Å². The molecule has 8 heteroatoms. The van der Waals surface area contributed by atoms with Gasteiger partial charge in [-0.1, -0.05) is 5.21 Å². The van der Waals surface area contributed by atoms with Crippen LogP contribution in [0, 0.1) is 0 Å². The quantitative estimate of drug-likeness (QED) is 0.723. The highest BCUT2D eigenvalue weighted by Gasteiger charge is 2.15. The molecule has 2 aromatic heterocycles. The predicted molar refractivity (Wildman–Crippen MR) is 75.1 cm³/mol. The largest absolute Gasteiger partial charge is 0.467 e. The second kappa shape index (κ2) is 4.99. The fourth-order valence-electron chi connectivity index (χ4n) is 2.10. The van der Waals surface area contributed by atoms with Crippen molar-refractivity contribution < 1.29 is 14.2 Å². The zero-order valence-electron chi connectivity index (χ0n) is 11.6. The molecule has 3 heterocycles. The second-order valence-corrected chi connectivity index (χ2v) is 4.54. The molecule has 0 atom stereocenters. The Kier molecular flexibility index (Phi) is 2.85. The highest BCUT2D eigenvalue weighted by molar-refractivity contribution is 5.56. The van der Waals surface area contributed by atoms with Gasteiger partial charge < -0.3 is 14.2 Å². The van der Waals surface area contributed by atoms with Crippen molar-refractivity contribution in [2.75, 3.05) is 13.9 Å². The molecular weight excluding hydrogens is 286 g/mol. The van der Waals surface area contributed by atoms with Crippen molar-refractivity contribution in [3.05, 3.63) is 36.8 Å². The third-order valence-corrected chi connectivity index (χ3v) is 3.22. The number of nitrogens with zero attached hydrogens (tertiary/aromatic N) is 5. The van der Waals surface area contributed by atoms with Gasteiger partial charge in [-0.3, -0.25) is 0 Å². The predicted octanol–water partition coefficient (Wildman–Crippen LogP) is 1.46. The van der Waals surface area contributed by atoms with Gasteiger partial charge in [-0.25, -0.2) is 14.6 Å². The molecular formula is C14H11N5O3. The summed E-state index contributed by atoms with van der Waals surface area (Å²) in [6.45, 7) is 0.241. The smallest absolute Gasteiger partial charge is 0.316 e. The Balaban J connectivity index is 1.65. The molecule has 0 saturated carbocycles. The van der Waals surface area contributed by atoms with Gasteiger partial charge in [0.15, 0.2) is 11.5 Å². The first kappa shape index (κ1) is 12.6. The Hall–Kier alpha value is -3.16. The fourth-order valence-corrected chi connectivity index (χ4v) is 2.10. The number of hydrogen-bond acceptors (Lipinski definition) is 7. The van der Waals surface area contributed by atoms with Gasteiger partial charge in [0.05, 0.1) is 19.0 Å². The molecule has 4 rings (SSSR count). The molecule has 1 aliphatic heterocycles. The van der Waals surface area contributed by atoms with Crippen LogP contribution < -0.4 is 14.2 Å². The van der Waals surface area contributed by atoms with E-state index in [-0.39, 0.29) is 6.79 Å². The number of ether oxygens (including phenoxy) is 3. The maximum absolute atomic E-state index is 5.36. The van der Waals surface area contributed by atoms with E-state index in [0.29, 0.717) is 17.5 Å². The van der Waals surface area contributed by atoms with Crippen LogP contribution in [-0.2, 0) is 0 Å². The van der Waals surface area contributed by atoms with E-state index in [1.165, 1.54) is 7.11 Å². The highest BCUT2D eigenvalue weighted by Crippen LogP contribution is 2.33. The van der Waals surface area contributed by atoms with E-state index in [0.717, 1.165) is 17.0 Å². The molecule has 0 amide bonds. The summed E-state index contributed by atoms with van der Waals surface area (Å²) in [6, 6.07) is 5.89. The molecule has 8 nitrogen and oxygen atoms in total. The summed E-state index contributed by atoms with van der Waals surface area (Å²) in [4.78, 5) is 8.11. The standard InChI is InChI=1S/C14H11N5O3/c1-20-14-15-5-9(6-16-14)11-7-19(18-17-11)10-2-3-12-13(4-10)22-8-21-12/h2-7H,8H2,1H3. The van der Waals surface area contributed by atoms with Gasteiger partial charge in [0.2, 0.25) is 6.79 Å². The number of methoxy groups -OCH3 is 1. The van der Waals surface area contributed by atoms with Crippen LogP contribution in [0.5, 0.6) is 17.5 Å². The summed E-state index contributed by atoms with van der Waals surface area (Å²) in [7, 11) is 1.52.